The highest BCUT2D eigenvalue weighted by atomic mass is 32.2. The number of rotatable bonds is 5. The Morgan fingerprint density at radius 1 is 1.06 bits per heavy atom. The number of primary sulfonamides is 1. The molecule has 0 bridgehead atoms. The van der Waals surface area contributed by atoms with Gasteiger partial charge in [0, 0.05) is 26.2 Å². The minimum atomic E-state index is -3.39. The number of sulfonamides is 2. The molecular formula is C8H19N3O4S2. The molecule has 17 heavy (non-hydrogen) atoms. The Kier molecular flexibility index (Phi) is 4.90. The Balaban J connectivity index is 2.29. The van der Waals surface area contributed by atoms with Crippen molar-refractivity contribution in [2.75, 3.05) is 44.7 Å². The van der Waals surface area contributed by atoms with Crippen molar-refractivity contribution in [3.8, 4) is 0 Å². The molecule has 0 radical (unpaired) electrons. The van der Waals surface area contributed by atoms with E-state index in [-0.39, 0.29) is 5.75 Å². The molecule has 0 aromatic carbocycles. The van der Waals surface area contributed by atoms with E-state index in [1.807, 2.05) is 4.90 Å². The van der Waals surface area contributed by atoms with Gasteiger partial charge in [-0.2, -0.15) is 4.31 Å². The van der Waals surface area contributed by atoms with Gasteiger partial charge in [-0.05, 0) is 13.0 Å². The molecule has 1 saturated heterocycles. The van der Waals surface area contributed by atoms with Crippen molar-refractivity contribution >= 4 is 20.0 Å². The molecule has 0 aromatic heterocycles. The van der Waals surface area contributed by atoms with Crippen molar-refractivity contribution in [1.82, 2.24) is 9.21 Å². The molecule has 0 aliphatic carbocycles. The topological polar surface area (TPSA) is 101 Å². The molecule has 0 atom stereocenters. The van der Waals surface area contributed by atoms with Gasteiger partial charge >= 0.3 is 0 Å². The minimum absolute atomic E-state index is 0.0285. The predicted octanol–water partition coefficient (Wildman–Crippen LogP) is -1.76. The van der Waals surface area contributed by atoms with Gasteiger partial charge < -0.3 is 4.90 Å². The summed E-state index contributed by atoms with van der Waals surface area (Å²) < 4.78 is 45.4. The van der Waals surface area contributed by atoms with Gasteiger partial charge in [0.1, 0.15) is 0 Å². The molecule has 2 N–H and O–H groups in total. The maximum Gasteiger partial charge on any atom is 0.211 e. The third kappa shape index (κ3) is 5.77. The first kappa shape index (κ1) is 14.8. The van der Waals surface area contributed by atoms with Gasteiger partial charge in [0.25, 0.3) is 0 Å². The molecule has 0 spiro atoms. The van der Waals surface area contributed by atoms with Crippen LogP contribution in [0.1, 0.15) is 6.42 Å². The van der Waals surface area contributed by atoms with Crippen molar-refractivity contribution in [2.24, 2.45) is 5.14 Å². The second kappa shape index (κ2) is 5.61. The van der Waals surface area contributed by atoms with Crippen LogP contribution >= 0.6 is 0 Å². The number of hydrogen-bond donors (Lipinski definition) is 1. The van der Waals surface area contributed by atoms with Crippen molar-refractivity contribution in [3.05, 3.63) is 0 Å². The first-order valence-electron chi connectivity index (χ1n) is 5.36. The van der Waals surface area contributed by atoms with Crippen molar-refractivity contribution in [2.45, 2.75) is 6.42 Å². The summed E-state index contributed by atoms with van der Waals surface area (Å²) in [6.07, 6.45) is 1.68. The van der Waals surface area contributed by atoms with Gasteiger partial charge in [-0.15, -0.1) is 0 Å². The summed E-state index contributed by atoms with van der Waals surface area (Å²) in [4.78, 5) is 2.05. The Labute approximate surface area is 103 Å². The highest BCUT2D eigenvalue weighted by Gasteiger charge is 2.22. The molecule has 0 saturated carbocycles. The maximum atomic E-state index is 11.3. The van der Waals surface area contributed by atoms with E-state index < -0.39 is 20.0 Å². The quantitative estimate of drug-likeness (QED) is 0.645. The van der Waals surface area contributed by atoms with Crippen LogP contribution in [0.15, 0.2) is 0 Å². The molecular weight excluding hydrogens is 266 g/mol. The molecule has 1 heterocycles. The SMILES string of the molecule is CS(=O)(=O)N1CCN(CCCS(N)(=O)=O)CC1. The van der Waals surface area contributed by atoms with Gasteiger partial charge in [0.15, 0.2) is 0 Å². The molecule has 9 heteroatoms. The number of nitrogens with two attached hydrogens (primary N) is 1. The van der Waals surface area contributed by atoms with E-state index >= 15 is 0 Å². The zero-order valence-corrected chi connectivity index (χ0v) is 11.5. The Morgan fingerprint density at radius 2 is 1.59 bits per heavy atom. The van der Waals surface area contributed by atoms with Gasteiger partial charge in [-0.3, -0.25) is 0 Å². The van der Waals surface area contributed by atoms with E-state index in [1.165, 1.54) is 10.6 Å². The van der Waals surface area contributed by atoms with E-state index in [0.29, 0.717) is 39.1 Å². The fourth-order valence-corrected chi connectivity index (χ4v) is 3.13. The molecule has 102 valence electrons. The standard InChI is InChI=1S/C8H19N3O4S2/c1-16(12,13)11-6-4-10(5-7-11)3-2-8-17(9,14)15/h2-8H2,1H3,(H2,9,14,15). The summed E-state index contributed by atoms with van der Waals surface area (Å²) >= 11 is 0. The predicted molar refractivity (Wildman–Crippen MR) is 65.4 cm³/mol. The smallest absolute Gasteiger partial charge is 0.211 e. The lowest BCUT2D eigenvalue weighted by molar-refractivity contribution is 0.189. The average Bonchev–Trinajstić information content (AvgIpc) is 2.15. The molecule has 1 rings (SSSR count). The van der Waals surface area contributed by atoms with Gasteiger partial charge in [0.2, 0.25) is 20.0 Å². The van der Waals surface area contributed by atoms with E-state index in [4.69, 9.17) is 5.14 Å². The van der Waals surface area contributed by atoms with E-state index in [1.54, 1.807) is 0 Å². The molecule has 0 aromatic rings. The number of hydrogen-bond acceptors (Lipinski definition) is 5. The normalized spacial score (nSPS) is 20.6. The Morgan fingerprint density at radius 3 is 2.00 bits per heavy atom. The summed E-state index contributed by atoms with van der Waals surface area (Å²) in [6, 6.07) is 0. The van der Waals surface area contributed by atoms with Gasteiger partial charge in [-0.25, -0.2) is 22.0 Å². The number of nitrogens with zero attached hydrogens (tertiary/aromatic N) is 2. The lowest BCUT2D eigenvalue weighted by Crippen LogP contribution is -2.48. The number of piperazine rings is 1. The molecule has 0 unspecified atom stereocenters. The summed E-state index contributed by atoms with van der Waals surface area (Å²) in [5.41, 5.74) is 0. The minimum Gasteiger partial charge on any atom is -0.301 e. The molecule has 1 aliphatic rings. The second-order valence-corrected chi connectivity index (χ2v) is 7.94. The largest absolute Gasteiger partial charge is 0.301 e. The fraction of sp³-hybridized carbons (Fsp3) is 1.00. The first-order valence-corrected chi connectivity index (χ1v) is 8.93. The zero-order chi connectivity index (χ0) is 13.1. The third-order valence-electron chi connectivity index (χ3n) is 2.70. The Bertz CT molecular complexity index is 435. The summed E-state index contributed by atoms with van der Waals surface area (Å²) in [7, 11) is -6.49. The van der Waals surface area contributed by atoms with Crippen molar-refractivity contribution in [3.63, 3.8) is 0 Å². The fourth-order valence-electron chi connectivity index (χ4n) is 1.77. The third-order valence-corrected chi connectivity index (χ3v) is 4.86. The van der Waals surface area contributed by atoms with Crippen LogP contribution in [0.2, 0.25) is 0 Å². The van der Waals surface area contributed by atoms with Gasteiger partial charge in [-0.1, -0.05) is 0 Å². The maximum absolute atomic E-state index is 11.3. The summed E-state index contributed by atoms with van der Waals surface area (Å²) in [6.45, 7) is 2.84. The van der Waals surface area contributed by atoms with Crippen LogP contribution in [0.4, 0.5) is 0 Å². The van der Waals surface area contributed by atoms with Crippen LogP contribution in [0.25, 0.3) is 0 Å². The van der Waals surface area contributed by atoms with Crippen LogP contribution in [0, 0.1) is 0 Å². The molecule has 1 aliphatic heterocycles. The first-order chi connectivity index (χ1) is 7.68. The van der Waals surface area contributed by atoms with E-state index in [0.717, 1.165) is 0 Å². The van der Waals surface area contributed by atoms with Crippen LogP contribution in [-0.4, -0.2) is 70.8 Å². The Hall–Kier alpha value is -0.220. The van der Waals surface area contributed by atoms with E-state index in [9.17, 15) is 16.8 Å². The monoisotopic (exact) mass is 285 g/mol. The highest BCUT2D eigenvalue weighted by molar-refractivity contribution is 7.89. The molecule has 0 amide bonds. The van der Waals surface area contributed by atoms with Crippen LogP contribution in [-0.2, 0) is 20.0 Å². The highest BCUT2D eigenvalue weighted by Crippen LogP contribution is 2.06. The van der Waals surface area contributed by atoms with Crippen molar-refractivity contribution < 1.29 is 16.8 Å². The van der Waals surface area contributed by atoms with Crippen LogP contribution in [0.5, 0.6) is 0 Å². The average molecular weight is 285 g/mol. The van der Waals surface area contributed by atoms with Crippen LogP contribution in [0.3, 0.4) is 0 Å². The second-order valence-electron chi connectivity index (χ2n) is 4.22. The van der Waals surface area contributed by atoms with Gasteiger partial charge in [0.05, 0.1) is 12.0 Å². The van der Waals surface area contributed by atoms with Crippen molar-refractivity contribution in [1.29, 1.82) is 0 Å². The summed E-state index contributed by atoms with van der Waals surface area (Å²) in [5.74, 6) is -0.0285. The molecule has 7 nitrogen and oxygen atoms in total. The van der Waals surface area contributed by atoms with E-state index in [2.05, 4.69) is 0 Å². The zero-order valence-electron chi connectivity index (χ0n) is 9.87. The summed E-state index contributed by atoms with van der Waals surface area (Å²) in [5, 5.41) is 4.90. The lowest BCUT2D eigenvalue weighted by atomic mass is 10.3. The van der Waals surface area contributed by atoms with Crippen LogP contribution < -0.4 is 5.14 Å². The lowest BCUT2D eigenvalue weighted by Gasteiger charge is -2.33. The molecule has 1 fully saturated rings.